The number of aromatic amines is 1. The van der Waals surface area contributed by atoms with Gasteiger partial charge in [-0.25, -0.2) is 9.97 Å². The smallest absolute Gasteiger partial charge is 0.159 e. The van der Waals surface area contributed by atoms with Crippen molar-refractivity contribution in [2.45, 2.75) is 13.3 Å². The molecule has 0 unspecified atom stereocenters. The first-order valence-electron chi connectivity index (χ1n) is 9.18. The molecule has 2 heterocycles. The highest BCUT2D eigenvalue weighted by molar-refractivity contribution is 5.95. The van der Waals surface area contributed by atoms with Gasteiger partial charge in [-0.05, 0) is 37.1 Å². The van der Waals surface area contributed by atoms with Crippen LogP contribution in [0.2, 0.25) is 0 Å². The highest BCUT2D eigenvalue weighted by atomic mass is 16.1. The number of carbonyl (C=O) groups is 1. The number of fused-ring (bicyclic) bond motifs is 1. The Bertz CT molecular complexity index is 1120. The van der Waals surface area contributed by atoms with Gasteiger partial charge in [-0.1, -0.05) is 30.3 Å². The molecule has 0 saturated carbocycles. The Hall–Kier alpha value is -3.67. The van der Waals surface area contributed by atoms with Crippen LogP contribution >= 0.6 is 0 Å². The predicted octanol–water partition coefficient (Wildman–Crippen LogP) is 4.56. The molecule has 0 fully saturated rings. The fourth-order valence-corrected chi connectivity index (χ4v) is 3.15. The first-order valence-corrected chi connectivity index (χ1v) is 9.18. The third-order valence-corrected chi connectivity index (χ3v) is 4.58. The summed E-state index contributed by atoms with van der Waals surface area (Å²) in [5.74, 6) is 1.45. The summed E-state index contributed by atoms with van der Waals surface area (Å²) in [4.78, 5) is 23.4. The number of H-pyrrole nitrogens is 1. The topological polar surface area (TPSA) is 82.7 Å². The van der Waals surface area contributed by atoms with E-state index >= 15 is 0 Å². The van der Waals surface area contributed by atoms with Crippen LogP contribution in [0, 0.1) is 0 Å². The summed E-state index contributed by atoms with van der Waals surface area (Å²) in [6.45, 7) is 2.32. The summed E-state index contributed by atoms with van der Waals surface area (Å²) in [6, 6.07) is 17.5. The van der Waals surface area contributed by atoms with Crippen molar-refractivity contribution in [2.24, 2.45) is 0 Å². The van der Waals surface area contributed by atoms with E-state index in [1.54, 1.807) is 13.0 Å². The fourth-order valence-electron chi connectivity index (χ4n) is 3.15. The normalized spacial score (nSPS) is 10.8. The van der Waals surface area contributed by atoms with Crippen molar-refractivity contribution < 1.29 is 4.79 Å². The minimum Gasteiger partial charge on any atom is -0.370 e. The van der Waals surface area contributed by atoms with E-state index in [4.69, 9.17) is 0 Å². The van der Waals surface area contributed by atoms with Crippen molar-refractivity contribution in [3.05, 3.63) is 78.2 Å². The lowest BCUT2D eigenvalue weighted by Crippen LogP contribution is -2.07. The quantitative estimate of drug-likeness (QED) is 0.415. The number of ketones is 1. The molecule has 0 atom stereocenters. The zero-order valence-corrected chi connectivity index (χ0v) is 15.6. The zero-order chi connectivity index (χ0) is 19.3. The number of benzene rings is 2. The molecule has 0 aliphatic heterocycles. The Balaban J connectivity index is 1.40. The van der Waals surface area contributed by atoms with Gasteiger partial charge in [0.25, 0.3) is 0 Å². The van der Waals surface area contributed by atoms with Crippen molar-refractivity contribution in [1.29, 1.82) is 0 Å². The maximum Gasteiger partial charge on any atom is 0.159 e. The van der Waals surface area contributed by atoms with Crippen molar-refractivity contribution >= 4 is 34.0 Å². The van der Waals surface area contributed by atoms with Crippen LogP contribution in [0.4, 0.5) is 17.3 Å². The lowest BCUT2D eigenvalue weighted by molar-refractivity contribution is 0.101. The van der Waals surface area contributed by atoms with Gasteiger partial charge in [-0.15, -0.1) is 0 Å². The largest absolute Gasteiger partial charge is 0.370 e. The molecule has 0 bridgehead atoms. The van der Waals surface area contributed by atoms with Crippen molar-refractivity contribution in [3.8, 4) is 0 Å². The number of carbonyl (C=O) groups excluding carboxylic acids is 1. The van der Waals surface area contributed by atoms with Gasteiger partial charge in [0.1, 0.15) is 18.0 Å². The molecule has 6 heteroatoms. The van der Waals surface area contributed by atoms with Gasteiger partial charge in [0.15, 0.2) is 5.78 Å². The average Bonchev–Trinajstić information content (AvgIpc) is 3.12. The highest BCUT2D eigenvalue weighted by Gasteiger charge is 2.05. The predicted molar refractivity (Wildman–Crippen MR) is 112 cm³/mol. The molecule has 0 aliphatic carbocycles. The van der Waals surface area contributed by atoms with Gasteiger partial charge < -0.3 is 15.6 Å². The minimum atomic E-state index is 0.0333. The van der Waals surface area contributed by atoms with Crippen LogP contribution in [0.3, 0.4) is 0 Å². The molecular formula is C22H21N5O. The van der Waals surface area contributed by atoms with Crippen LogP contribution in [-0.4, -0.2) is 27.3 Å². The molecule has 4 aromatic rings. The average molecular weight is 371 g/mol. The zero-order valence-electron chi connectivity index (χ0n) is 15.6. The summed E-state index contributed by atoms with van der Waals surface area (Å²) in [5.41, 5.74) is 3.91. The molecule has 2 aromatic carbocycles. The van der Waals surface area contributed by atoms with E-state index in [2.05, 4.69) is 50.0 Å². The molecule has 140 valence electrons. The van der Waals surface area contributed by atoms with E-state index in [0.29, 0.717) is 11.4 Å². The van der Waals surface area contributed by atoms with Gasteiger partial charge >= 0.3 is 0 Å². The summed E-state index contributed by atoms with van der Waals surface area (Å²) < 4.78 is 0. The Morgan fingerprint density at radius 1 is 1.04 bits per heavy atom. The maximum absolute atomic E-state index is 11.5. The minimum absolute atomic E-state index is 0.0333. The van der Waals surface area contributed by atoms with Crippen LogP contribution in [0.15, 0.2) is 67.1 Å². The fraction of sp³-hybridized carbons (Fsp3) is 0.136. The van der Waals surface area contributed by atoms with Crippen LogP contribution in [0.25, 0.3) is 10.9 Å². The number of hydrogen-bond acceptors (Lipinski definition) is 5. The molecule has 0 radical (unpaired) electrons. The molecule has 2 aromatic heterocycles. The van der Waals surface area contributed by atoms with Crippen LogP contribution in [0.5, 0.6) is 0 Å². The number of nitrogens with one attached hydrogen (secondary N) is 3. The summed E-state index contributed by atoms with van der Waals surface area (Å²) >= 11 is 0. The molecule has 6 nitrogen and oxygen atoms in total. The first kappa shape index (κ1) is 17.7. The Morgan fingerprint density at radius 2 is 1.89 bits per heavy atom. The molecule has 0 amide bonds. The second-order valence-electron chi connectivity index (χ2n) is 6.59. The lowest BCUT2D eigenvalue weighted by atomic mass is 10.1. The molecule has 28 heavy (non-hydrogen) atoms. The second kappa shape index (κ2) is 7.92. The monoisotopic (exact) mass is 371 g/mol. The van der Waals surface area contributed by atoms with Crippen LogP contribution in [0.1, 0.15) is 22.8 Å². The first-order chi connectivity index (χ1) is 13.7. The second-order valence-corrected chi connectivity index (χ2v) is 6.59. The van der Waals surface area contributed by atoms with E-state index in [9.17, 15) is 4.79 Å². The molecule has 3 N–H and O–H groups in total. The van der Waals surface area contributed by atoms with Gasteiger partial charge in [-0.2, -0.15) is 0 Å². The van der Waals surface area contributed by atoms with Gasteiger partial charge in [0.05, 0.1) is 0 Å². The third-order valence-electron chi connectivity index (χ3n) is 4.58. The van der Waals surface area contributed by atoms with E-state index < -0.39 is 0 Å². The van der Waals surface area contributed by atoms with E-state index in [-0.39, 0.29) is 5.78 Å². The molecule has 0 saturated heterocycles. The van der Waals surface area contributed by atoms with Crippen molar-refractivity contribution in [1.82, 2.24) is 15.0 Å². The van der Waals surface area contributed by atoms with E-state index in [1.807, 2.05) is 30.3 Å². The SMILES string of the molecule is CC(=O)c1cccc(Nc2cc(NCCc3c[nH]c4ccccc34)ncn2)c1. The lowest BCUT2D eigenvalue weighted by Gasteiger charge is -2.09. The summed E-state index contributed by atoms with van der Waals surface area (Å²) in [6.07, 6.45) is 4.46. The summed E-state index contributed by atoms with van der Waals surface area (Å²) in [5, 5.41) is 7.81. The molecule has 0 aliphatic rings. The van der Waals surface area contributed by atoms with Gasteiger partial charge in [-0.3, -0.25) is 4.79 Å². The number of Topliss-reactive ketones (excluding diaryl/α,β-unsaturated/α-hetero) is 1. The van der Waals surface area contributed by atoms with Gasteiger partial charge in [0.2, 0.25) is 0 Å². The number of aromatic nitrogens is 3. The number of hydrogen-bond donors (Lipinski definition) is 3. The standard InChI is InChI=1S/C22H21N5O/c1-15(28)16-5-4-6-18(11-16)27-22-12-21(25-14-26-22)23-10-9-17-13-24-20-8-3-2-7-19(17)20/h2-8,11-14,24H,9-10H2,1H3,(H2,23,25,26,27). The number of anilines is 3. The maximum atomic E-state index is 11.5. The highest BCUT2D eigenvalue weighted by Crippen LogP contribution is 2.20. The number of nitrogens with zero attached hydrogens (tertiary/aromatic N) is 2. The Kier molecular flexibility index (Phi) is 5.01. The van der Waals surface area contributed by atoms with Crippen molar-refractivity contribution in [3.63, 3.8) is 0 Å². The summed E-state index contributed by atoms with van der Waals surface area (Å²) in [7, 11) is 0. The Labute approximate surface area is 163 Å². The molecular weight excluding hydrogens is 350 g/mol. The number of para-hydroxylation sites is 1. The third kappa shape index (κ3) is 4.01. The Morgan fingerprint density at radius 3 is 2.79 bits per heavy atom. The molecule has 0 spiro atoms. The van der Waals surface area contributed by atoms with E-state index in [1.165, 1.54) is 17.3 Å². The van der Waals surface area contributed by atoms with Gasteiger partial charge in [0, 0.05) is 41.0 Å². The van der Waals surface area contributed by atoms with Crippen LogP contribution < -0.4 is 10.6 Å². The number of rotatable bonds is 7. The van der Waals surface area contributed by atoms with Crippen molar-refractivity contribution in [2.75, 3.05) is 17.2 Å². The van der Waals surface area contributed by atoms with Crippen LogP contribution in [-0.2, 0) is 6.42 Å². The van der Waals surface area contributed by atoms with E-state index in [0.717, 1.165) is 30.0 Å². The molecule has 4 rings (SSSR count).